The summed E-state index contributed by atoms with van der Waals surface area (Å²) >= 11 is 7.27. The summed E-state index contributed by atoms with van der Waals surface area (Å²) in [6, 6.07) is 33.2. The van der Waals surface area contributed by atoms with Gasteiger partial charge in [0, 0.05) is 31.2 Å². The first-order valence-corrected chi connectivity index (χ1v) is 11.7. The molecule has 0 saturated carbocycles. The van der Waals surface area contributed by atoms with Crippen LogP contribution in [0.4, 0.5) is 0 Å². The van der Waals surface area contributed by atoms with Gasteiger partial charge in [-0.05, 0) is 89.8 Å². The Kier molecular flexibility index (Phi) is 5.83. The van der Waals surface area contributed by atoms with E-state index in [2.05, 4.69) is 116 Å². The lowest BCUT2D eigenvalue weighted by molar-refractivity contribution is 1.51. The van der Waals surface area contributed by atoms with Crippen LogP contribution in [0, 0.1) is 23.7 Å². The average molecular weight is 536 g/mol. The maximum Gasteiger partial charge on any atom is 0.0404 e. The van der Waals surface area contributed by atoms with Crippen molar-refractivity contribution in [2.75, 3.05) is 0 Å². The maximum atomic E-state index is 3.64. The standard InChI is InChI=1S/C30H16Br2/c31-29-20-30(32)28(16-12-22-10-14-24-6-2-4-8-26(24)18-22)19-27(29)15-11-21-9-13-23-5-1-3-7-25(23)17-21/h1-10,13-14,17-20H. The van der Waals surface area contributed by atoms with E-state index >= 15 is 0 Å². The number of hydrogen-bond acceptors (Lipinski definition) is 0. The zero-order valence-corrected chi connectivity index (χ0v) is 20.2. The van der Waals surface area contributed by atoms with Gasteiger partial charge in [-0.25, -0.2) is 0 Å². The third-order valence-electron chi connectivity index (χ3n) is 5.24. The van der Waals surface area contributed by atoms with Crippen molar-refractivity contribution < 1.29 is 0 Å². The Hall–Kier alpha value is -3.30. The molecule has 5 rings (SSSR count). The molecule has 0 saturated heterocycles. The van der Waals surface area contributed by atoms with Crippen molar-refractivity contribution in [2.24, 2.45) is 0 Å². The van der Waals surface area contributed by atoms with Crippen LogP contribution in [0.25, 0.3) is 21.5 Å². The molecule has 0 nitrogen and oxygen atoms in total. The summed E-state index contributed by atoms with van der Waals surface area (Å²) in [5.41, 5.74) is 3.79. The lowest BCUT2D eigenvalue weighted by Crippen LogP contribution is -1.85. The summed E-state index contributed by atoms with van der Waals surface area (Å²) < 4.78 is 1.88. The van der Waals surface area contributed by atoms with Crippen LogP contribution in [0.2, 0.25) is 0 Å². The van der Waals surface area contributed by atoms with E-state index in [1.54, 1.807) is 0 Å². The highest BCUT2D eigenvalue weighted by Crippen LogP contribution is 2.26. The molecule has 0 bridgehead atoms. The van der Waals surface area contributed by atoms with Gasteiger partial charge in [0.1, 0.15) is 0 Å². The lowest BCUT2D eigenvalue weighted by Gasteiger charge is -2.02. The van der Waals surface area contributed by atoms with E-state index in [1.807, 2.05) is 36.4 Å². The van der Waals surface area contributed by atoms with Gasteiger partial charge in [0.05, 0.1) is 0 Å². The van der Waals surface area contributed by atoms with Crippen LogP contribution in [0.15, 0.2) is 106 Å². The second kappa shape index (κ2) is 9.05. The van der Waals surface area contributed by atoms with Crippen LogP contribution < -0.4 is 0 Å². The Morgan fingerprint density at radius 1 is 0.406 bits per heavy atom. The summed E-state index contributed by atoms with van der Waals surface area (Å²) in [5, 5.41) is 4.82. The molecule has 0 atom stereocenters. The van der Waals surface area contributed by atoms with E-state index in [4.69, 9.17) is 0 Å². The minimum atomic E-state index is 0.907. The molecule has 0 fully saturated rings. The van der Waals surface area contributed by atoms with Gasteiger partial charge in [0.25, 0.3) is 0 Å². The van der Waals surface area contributed by atoms with Gasteiger partial charge in [-0.15, -0.1) is 0 Å². The molecule has 0 heterocycles. The van der Waals surface area contributed by atoms with Gasteiger partial charge in [-0.2, -0.15) is 0 Å². The number of halogens is 2. The molecule has 0 radical (unpaired) electrons. The highest BCUT2D eigenvalue weighted by atomic mass is 79.9. The Morgan fingerprint density at radius 3 is 1.31 bits per heavy atom. The molecule has 5 aromatic rings. The van der Waals surface area contributed by atoms with Crippen LogP contribution in [-0.2, 0) is 0 Å². The summed E-state index contributed by atoms with van der Waals surface area (Å²) in [4.78, 5) is 0. The summed E-state index contributed by atoms with van der Waals surface area (Å²) in [7, 11) is 0. The van der Waals surface area contributed by atoms with Crippen molar-refractivity contribution in [1.29, 1.82) is 0 Å². The van der Waals surface area contributed by atoms with Crippen LogP contribution >= 0.6 is 31.9 Å². The molecular weight excluding hydrogens is 520 g/mol. The second-order valence-corrected chi connectivity index (χ2v) is 9.14. The molecule has 150 valence electrons. The lowest BCUT2D eigenvalue weighted by atomic mass is 10.1. The molecule has 0 spiro atoms. The first-order valence-electron chi connectivity index (χ1n) is 10.2. The van der Waals surface area contributed by atoms with Gasteiger partial charge in [0.2, 0.25) is 0 Å². The zero-order chi connectivity index (χ0) is 21.9. The summed E-state index contributed by atoms with van der Waals surface area (Å²) in [5.74, 6) is 13.2. The van der Waals surface area contributed by atoms with E-state index in [0.717, 1.165) is 31.2 Å². The van der Waals surface area contributed by atoms with E-state index < -0.39 is 0 Å². The van der Waals surface area contributed by atoms with Crippen molar-refractivity contribution in [2.45, 2.75) is 0 Å². The molecule has 0 aliphatic rings. The highest BCUT2D eigenvalue weighted by molar-refractivity contribution is 9.11. The molecule has 0 N–H and O–H groups in total. The predicted octanol–water partition coefficient (Wildman–Crippen LogP) is 8.32. The van der Waals surface area contributed by atoms with Gasteiger partial charge in [0.15, 0.2) is 0 Å². The largest absolute Gasteiger partial charge is 0.0616 e. The second-order valence-electron chi connectivity index (χ2n) is 7.44. The minimum Gasteiger partial charge on any atom is -0.0616 e. The third-order valence-corrected chi connectivity index (χ3v) is 6.55. The van der Waals surface area contributed by atoms with E-state index in [1.165, 1.54) is 21.5 Å². The van der Waals surface area contributed by atoms with Crippen molar-refractivity contribution in [3.05, 3.63) is 128 Å². The van der Waals surface area contributed by atoms with Crippen LogP contribution in [0.5, 0.6) is 0 Å². The zero-order valence-electron chi connectivity index (χ0n) is 17.0. The summed E-state index contributed by atoms with van der Waals surface area (Å²) in [6.45, 7) is 0. The summed E-state index contributed by atoms with van der Waals surface area (Å²) in [6.07, 6.45) is 0. The Morgan fingerprint density at radius 2 is 0.844 bits per heavy atom. The molecule has 2 heteroatoms. The minimum absolute atomic E-state index is 0.907. The van der Waals surface area contributed by atoms with E-state index in [-0.39, 0.29) is 0 Å². The molecular formula is C30H16Br2. The van der Waals surface area contributed by atoms with E-state index in [9.17, 15) is 0 Å². The maximum absolute atomic E-state index is 3.64. The van der Waals surface area contributed by atoms with E-state index in [0.29, 0.717) is 0 Å². The van der Waals surface area contributed by atoms with Gasteiger partial charge in [-0.1, -0.05) is 84.3 Å². The van der Waals surface area contributed by atoms with Crippen molar-refractivity contribution in [3.63, 3.8) is 0 Å². The van der Waals surface area contributed by atoms with Gasteiger partial charge >= 0.3 is 0 Å². The molecule has 0 unspecified atom stereocenters. The molecule has 0 amide bonds. The fourth-order valence-corrected chi connectivity index (χ4v) is 4.75. The fourth-order valence-electron chi connectivity index (χ4n) is 3.55. The Balaban J connectivity index is 1.48. The van der Waals surface area contributed by atoms with Crippen molar-refractivity contribution in [1.82, 2.24) is 0 Å². The molecule has 0 aromatic heterocycles. The van der Waals surface area contributed by atoms with Crippen LogP contribution in [0.1, 0.15) is 22.3 Å². The van der Waals surface area contributed by atoms with Crippen molar-refractivity contribution in [3.8, 4) is 23.7 Å². The van der Waals surface area contributed by atoms with Crippen LogP contribution in [-0.4, -0.2) is 0 Å². The first-order chi connectivity index (χ1) is 15.7. The quantitative estimate of drug-likeness (QED) is 0.175. The van der Waals surface area contributed by atoms with Gasteiger partial charge in [-0.3, -0.25) is 0 Å². The number of benzene rings is 5. The fraction of sp³-hybridized carbons (Fsp3) is 0. The third kappa shape index (κ3) is 4.49. The number of hydrogen-bond donors (Lipinski definition) is 0. The predicted molar refractivity (Wildman–Crippen MR) is 142 cm³/mol. The van der Waals surface area contributed by atoms with Gasteiger partial charge < -0.3 is 0 Å². The monoisotopic (exact) mass is 534 g/mol. The number of rotatable bonds is 0. The Labute approximate surface area is 204 Å². The van der Waals surface area contributed by atoms with Crippen LogP contribution in [0.3, 0.4) is 0 Å². The number of fused-ring (bicyclic) bond motifs is 2. The first kappa shape index (κ1) is 20.6. The normalized spacial score (nSPS) is 10.3. The molecule has 0 aliphatic heterocycles. The smallest absolute Gasteiger partial charge is 0.0404 e. The highest BCUT2D eigenvalue weighted by Gasteiger charge is 2.04. The SMILES string of the molecule is Brc1cc(Br)c(C#Cc2ccc3ccccc3c2)cc1C#Cc1ccc2ccccc2c1. The molecule has 0 aliphatic carbocycles. The van der Waals surface area contributed by atoms with Crippen molar-refractivity contribution >= 4 is 53.4 Å². The molecule has 32 heavy (non-hydrogen) atoms. The Bertz CT molecular complexity index is 1490. The topological polar surface area (TPSA) is 0 Å². The average Bonchev–Trinajstić information content (AvgIpc) is 2.82. The molecule has 5 aromatic carbocycles.